The summed E-state index contributed by atoms with van der Waals surface area (Å²) in [5, 5.41) is 9.15. The Morgan fingerprint density at radius 1 is 1.32 bits per heavy atom. The van der Waals surface area contributed by atoms with Crippen LogP contribution in [0.1, 0.15) is 34.7 Å². The Kier molecular flexibility index (Phi) is 4.29. The lowest BCUT2D eigenvalue weighted by Crippen LogP contribution is -2.13. The van der Waals surface area contributed by atoms with Crippen molar-refractivity contribution in [1.82, 2.24) is 0 Å². The maximum absolute atomic E-state index is 11.5. The number of fused-ring (bicyclic) bond motifs is 1. The van der Waals surface area contributed by atoms with Gasteiger partial charge >= 0.3 is 0 Å². The Morgan fingerprint density at radius 2 is 2.04 bits per heavy atom. The third-order valence-corrected chi connectivity index (χ3v) is 5.60. The van der Waals surface area contributed by atoms with E-state index in [0.717, 1.165) is 33.5 Å². The minimum Gasteiger partial charge on any atom is -0.284 e. The lowest BCUT2D eigenvalue weighted by atomic mass is 10.0. The molecule has 0 fully saturated rings. The zero-order valence-corrected chi connectivity index (χ0v) is 16.0. The number of sulfonamides is 1. The van der Waals surface area contributed by atoms with E-state index in [2.05, 4.69) is 30.5 Å². The molecule has 0 amide bonds. The molecule has 1 aromatic carbocycles. The summed E-state index contributed by atoms with van der Waals surface area (Å²) in [7, 11) is -3.33. The van der Waals surface area contributed by atoms with Crippen LogP contribution in [0.5, 0.6) is 0 Å². The molecule has 0 aliphatic carbocycles. The largest absolute Gasteiger partial charge is 0.284 e. The van der Waals surface area contributed by atoms with Gasteiger partial charge in [0.25, 0.3) is 0 Å². The predicted octanol–water partition coefficient (Wildman–Crippen LogP) is 3.47. The van der Waals surface area contributed by atoms with Gasteiger partial charge in [-0.1, -0.05) is 0 Å². The number of nitriles is 1. The van der Waals surface area contributed by atoms with Crippen LogP contribution in [0.4, 0.5) is 11.4 Å². The monoisotopic (exact) mass is 372 g/mol. The first kappa shape index (κ1) is 17.4. The molecule has 0 saturated heterocycles. The highest BCUT2D eigenvalue weighted by atomic mass is 32.2. The average Bonchev–Trinajstić information content (AvgIpc) is 3.05. The molecule has 2 heterocycles. The molecule has 1 aliphatic rings. The summed E-state index contributed by atoms with van der Waals surface area (Å²) >= 11 is 1.45. The number of hydrogen-bond donors (Lipinski definition) is 1. The molecule has 0 saturated carbocycles. The molecule has 0 bridgehead atoms. The number of rotatable bonds is 4. The highest BCUT2D eigenvalue weighted by molar-refractivity contribution is 7.92. The number of anilines is 1. The molecule has 2 aromatic rings. The summed E-state index contributed by atoms with van der Waals surface area (Å²) in [4.78, 5) is 1.69. The molecule has 5 nitrogen and oxygen atoms in total. The van der Waals surface area contributed by atoms with Crippen LogP contribution in [-0.4, -0.2) is 31.2 Å². The van der Waals surface area contributed by atoms with Gasteiger partial charge in [-0.05, 0) is 44.5 Å². The minimum atomic E-state index is -3.33. The van der Waals surface area contributed by atoms with Gasteiger partial charge in [0.2, 0.25) is 15.7 Å². The standard InChI is InChI=1S/C18H18N3O2S2/c1-11(2)21-10-16(18-12(3)7-14(9-19)24-18)15-6-5-13(8-17(15)21)20-25(4,22)23/h5-8,11,20H,1-4H3/q+1. The van der Waals surface area contributed by atoms with E-state index < -0.39 is 10.0 Å². The van der Waals surface area contributed by atoms with Gasteiger partial charge in [-0.3, -0.25) is 4.72 Å². The van der Waals surface area contributed by atoms with Gasteiger partial charge in [0.15, 0.2) is 11.9 Å². The van der Waals surface area contributed by atoms with Gasteiger partial charge in [-0.2, -0.15) is 5.26 Å². The molecule has 1 aliphatic heterocycles. The second-order valence-corrected chi connectivity index (χ2v) is 9.09. The Morgan fingerprint density at radius 3 is 2.60 bits per heavy atom. The van der Waals surface area contributed by atoms with Crippen LogP contribution < -0.4 is 4.72 Å². The van der Waals surface area contributed by atoms with Gasteiger partial charge in [0, 0.05) is 6.07 Å². The summed E-state index contributed by atoms with van der Waals surface area (Å²) in [6.07, 6.45) is 1.13. The maximum Gasteiger partial charge on any atom is 0.229 e. The fourth-order valence-electron chi connectivity index (χ4n) is 2.83. The van der Waals surface area contributed by atoms with Gasteiger partial charge in [0.1, 0.15) is 16.5 Å². The molecule has 0 atom stereocenters. The number of aryl methyl sites for hydroxylation is 1. The molecule has 3 rings (SSSR count). The number of nitrogens with zero attached hydrogens (tertiary/aromatic N) is 2. The van der Waals surface area contributed by atoms with Gasteiger partial charge in [-0.15, -0.1) is 15.9 Å². The summed E-state index contributed by atoms with van der Waals surface area (Å²) in [5.74, 6) is 3.41. The van der Waals surface area contributed by atoms with E-state index in [1.165, 1.54) is 11.3 Å². The van der Waals surface area contributed by atoms with Crippen molar-refractivity contribution in [2.45, 2.75) is 26.8 Å². The minimum absolute atomic E-state index is 0.167. The van der Waals surface area contributed by atoms with E-state index in [0.29, 0.717) is 10.6 Å². The van der Waals surface area contributed by atoms with Gasteiger partial charge in [-0.25, -0.2) is 8.42 Å². The van der Waals surface area contributed by atoms with E-state index in [-0.39, 0.29) is 6.04 Å². The third kappa shape index (κ3) is 3.38. The topological polar surface area (TPSA) is 73.0 Å². The third-order valence-electron chi connectivity index (χ3n) is 3.83. The molecular weight excluding hydrogens is 354 g/mol. The lowest BCUT2D eigenvalue weighted by Gasteiger charge is -2.08. The molecular formula is C18H18N3O2S2+. The van der Waals surface area contributed by atoms with Crippen molar-refractivity contribution in [2.24, 2.45) is 0 Å². The Bertz CT molecular complexity index is 1080. The van der Waals surface area contributed by atoms with Crippen LogP contribution in [0, 0.1) is 18.3 Å². The summed E-state index contributed by atoms with van der Waals surface area (Å²) < 4.78 is 27.5. The van der Waals surface area contributed by atoms with Crippen molar-refractivity contribution in [1.29, 1.82) is 5.26 Å². The first-order valence-corrected chi connectivity index (χ1v) is 10.5. The van der Waals surface area contributed by atoms with Crippen LogP contribution in [0.3, 0.4) is 0 Å². The number of nitrogens with one attached hydrogen (secondary N) is 1. The highest BCUT2D eigenvalue weighted by Gasteiger charge is 2.30. The molecule has 1 N–H and O–H groups in total. The zero-order valence-electron chi connectivity index (χ0n) is 14.4. The van der Waals surface area contributed by atoms with Gasteiger partial charge in [0.05, 0.1) is 22.4 Å². The van der Waals surface area contributed by atoms with Crippen LogP contribution in [0.25, 0.3) is 5.57 Å². The molecule has 0 radical (unpaired) electrons. The molecule has 128 valence electrons. The summed E-state index contributed by atoms with van der Waals surface area (Å²) in [6.45, 7) is 6.09. The quantitative estimate of drug-likeness (QED) is 0.835. The molecule has 25 heavy (non-hydrogen) atoms. The van der Waals surface area contributed by atoms with Crippen molar-refractivity contribution in [2.75, 3.05) is 11.0 Å². The lowest BCUT2D eigenvalue weighted by molar-refractivity contribution is -0.466. The smallest absolute Gasteiger partial charge is 0.229 e. The first-order valence-electron chi connectivity index (χ1n) is 7.75. The molecule has 1 aromatic heterocycles. The van der Waals surface area contributed by atoms with Crippen molar-refractivity contribution in [3.63, 3.8) is 0 Å². The summed E-state index contributed by atoms with van der Waals surface area (Å²) in [6, 6.07) is 9.71. The second kappa shape index (κ2) is 6.16. The van der Waals surface area contributed by atoms with Crippen LogP contribution in [-0.2, 0) is 10.0 Å². The normalized spacial score (nSPS) is 13.3. The van der Waals surface area contributed by atoms with E-state index in [4.69, 9.17) is 5.26 Å². The van der Waals surface area contributed by atoms with Crippen molar-refractivity contribution in [3.05, 3.63) is 45.1 Å². The molecule has 0 spiro atoms. The molecule has 0 unspecified atom stereocenters. The van der Waals surface area contributed by atoms with E-state index in [1.807, 2.05) is 29.7 Å². The number of hydrogen-bond acceptors (Lipinski definition) is 4. The van der Waals surface area contributed by atoms with Crippen LogP contribution in [0.2, 0.25) is 0 Å². The fraction of sp³-hybridized carbons (Fsp3) is 0.278. The Labute approximate surface area is 151 Å². The Balaban J connectivity index is 2.16. The average molecular weight is 372 g/mol. The van der Waals surface area contributed by atoms with E-state index in [1.54, 1.807) is 6.07 Å². The predicted molar refractivity (Wildman–Crippen MR) is 101 cm³/mol. The van der Waals surface area contributed by atoms with E-state index in [9.17, 15) is 8.42 Å². The summed E-state index contributed by atoms with van der Waals surface area (Å²) in [5.41, 5.74) is 4.40. The van der Waals surface area contributed by atoms with Crippen molar-refractivity contribution in [3.8, 4) is 6.07 Å². The van der Waals surface area contributed by atoms with Gasteiger partial charge < -0.3 is 0 Å². The first-order chi connectivity index (χ1) is 11.7. The van der Waals surface area contributed by atoms with Crippen molar-refractivity contribution >= 4 is 44.2 Å². The highest BCUT2D eigenvalue weighted by Crippen LogP contribution is 2.40. The van der Waals surface area contributed by atoms with E-state index >= 15 is 0 Å². The zero-order chi connectivity index (χ0) is 18.4. The van der Waals surface area contributed by atoms with Crippen LogP contribution in [0.15, 0.2) is 24.3 Å². The second-order valence-electron chi connectivity index (χ2n) is 6.29. The Hall–Kier alpha value is -2.39. The number of benzene rings is 1. The van der Waals surface area contributed by atoms with Crippen LogP contribution >= 0.6 is 11.3 Å². The van der Waals surface area contributed by atoms with Crippen molar-refractivity contribution < 1.29 is 13.0 Å². The SMILES string of the molecule is Cc1cc(C#N)sc1C1=C=[N+](C(C)C)c2cc(NS(C)(=O)=O)ccc21. The maximum atomic E-state index is 11.5. The fourth-order valence-corrected chi connectivity index (χ4v) is 4.36. The number of thiophene rings is 1. The molecule has 7 heteroatoms.